The van der Waals surface area contributed by atoms with Gasteiger partial charge in [-0.25, -0.2) is 13.0 Å². The first-order valence-corrected chi connectivity index (χ1v) is 10.1. The quantitative estimate of drug-likeness (QED) is 0.781. The molecule has 0 aromatic heterocycles. The summed E-state index contributed by atoms with van der Waals surface area (Å²) < 4.78 is 46.2. The number of carbonyl (C=O) groups excluding carboxylic acids is 1. The number of hydrogen-bond donors (Lipinski definition) is 1. The third kappa shape index (κ3) is 4.51. The fourth-order valence-electron chi connectivity index (χ4n) is 2.56. The topological polar surface area (TPSA) is 58.6 Å². The Labute approximate surface area is 166 Å². The maximum Gasteiger partial charge on any atom is 0.265 e. The molecule has 10 heteroatoms. The molecule has 1 fully saturated rings. The summed E-state index contributed by atoms with van der Waals surface area (Å²) in [5, 5.41) is 0.0931. The van der Waals surface area contributed by atoms with E-state index in [1.54, 1.807) is 6.07 Å². The average Bonchev–Trinajstić information content (AvgIpc) is 2.55. The number of nitrogens with one attached hydrogen (secondary N) is 1. The Hall–Kier alpha value is -1.90. The largest absolute Gasteiger partial charge is 0.485 e. The van der Waals surface area contributed by atoms with Crippen molar-refractivity contribution in [3.05, 3.63) is 57.6 Å². The molecule has 1 unspecified atom stereocenters. The molecule has 144 valence electrons. The highest BCUT2D eigenvalue weighted by Crippen LogP contribution is 2.32. The zero-order chi connectivity index (χ0) is 19.7. The van der Waals surface area contributed by atoms with Gasteiger partial charge >= 0.3 is 0 Å². The smallest absolute Gasteiger partial charge is 0.265 e. The van der Waals surface area contributed by atoms with Crippen LogP contribution in [-0.2, 0) is 11.0 Å². The van der Waals surface area contributed by atoms with Gasteiger partial charge in [0.25, 0.3) is 5.91 Å². The maximum atomic E-state index is 14.2. The van der Waals surface area contributed by atoms with Crippen molar-refractivity contribution in [1.29, 1.82) is 0 Å². The Balaban J connectivity index is 1.65. The van der Waals surface area contributed by atoms with Gasteiger partial charge in [0.15, 0.2) is 0 Å². The Morgan fingerprint density at radius 3 is 2.52 bits per heavy atom. The number of halogens is 4. The normalized spacial score (nSPS) is 15.2. The van der Waals surface area contributed by atoms with E-state index in [9.17, 15) is 17.8 Å². The predicted molar refractivity (Wildman–Crippen MR) is 101 cm³/mol. The van der Waals surface area contributed by atoms with Crippen LogP contribution >= 0.6 is 23.2 Å². The summed E-state index contributed by atoms with van der Waals surface area (Å²) in [6, 6.07) is 6.56. The van der Waals surface area contributed by atoms with Crippen molar-refractivity contribution in [2.45, 2.75) is 6.10 Å². The molecule has 1 atom stereocenters. The lowest BCUT2D eigenvalue weighted by atomic mass is 10.1. The van der Waals surface area contributed by atoms with Crippen molar-refractivity contribution < 1.29 is 22.5 Å². The lowest BCUT2D eigenvalue weighted by molar-refractivity contribution is 0.0979. The summed E-state index contributed by atoms with van der Waals surface area (Å²) in [5.74, 6) is -2.05. The maximum absolute atomic E-state index is 14.2. The van der Waals surface area contributed by atoms with Crippen LogP contribution in [0.15, 0.2) is 30.3 Å². The second-order valence-electron chi connectivity index (χ2n) is 5.89. The van der Waals surface area contributed by atoms with Gasteiger partial charge in [-0.1, -0.05) is 23.2 Å². The molecule has 1 saturated heterocycles. The van der Waals surface area contributed by atoms with E-state index >= 15 is 0 Å². The predicted octanol–water partition coefficient (Wildman–Crippen LogP) is 3.56. The number of benzene rings is 2. The highest BCUT2D eigenvalue weighted by atomic mass is 35.5. The van der Waals surface area contributed by atoms with Crippen LogP contribution in [0.2, 0.25) is 10.0 Å². The zero-order valence-corrected chi connectivity index (χ0v) is 16.3. The van der Waals surface area contributed by atoms with Crippen molar-refractivity contribution in [3.8, 4) is 5.75 Å². The molecular weight excluding hydrogens is 421 g/mol. The Bertz CT molecular complexity index is 923. The molecule has 1 N–H and O–H groups in total. The summed E-state index contributed by atoms with van der Waals surface area (Å²) in [7, 11) is -1.62. The molecule has 1 aliphatic heterocycles. The minimum Gasteiger partial charge on any atom is -0.485 e. The van der Waals surface area contributed by atoms with E-state index in [4.69, 9.17) is 27.9 Å². The second kappa shape index (κ2) is 8.00. The molecular formula is C17H14Cl2F2N2O3S. The van der Waals surface area contributed by atoms with Gasteiger partial charge in [0.2, 0.25) is 0 Å². The van der Waals surface area contributed by atoms with E-state index in [1.807, 2.05) is 4.90 Å². The monoisotopic (exact) mass is 434 g/mol. The van der Waals surface area contributed by atoms with Gasteiger partial charge in [0.1, 0.15) is 34.5 Å². The van der Waals surface area contributed by atoms with E-state index in [1.165, 1.54) is 18.4 Å². The number of nitrogens with zero attached hydrogens (tertiary/aromatic N) is 1. The van der Waals surface area contributed by atoms with Gasteiger partial charge in [0.05, 0.1) is 28.7 Å². The van der Waals surface area contributed by atoms with Crippen LogP contribution in [0.1, 0.15) is 10.4 Å². The number of anilines is 1. The van der Waals surface area contributed by atoms with Gasteiger partial charge in [-0.3, -0.25) is 9.52 Å². The van der Waals surface area contributed by atoms with E-state index < -0.39 is 28.5 Å². The SMILES string of the molecule is CS(=O)NC(=O)c1cc(Cl)c(OC2CN(c3ccc(F)c(Cl)c3)C2)cc1F. The summed E-state index contributed by atoms with van der Waals surface area (Å²) in [6.07, 6.45) is 1.000. The van der Waals surface area contributed by atoms with E-state index in [-0.39, 0.29) is 27.5 Å². The average molecular weight is 435 g/mol. The van der Waals surface area contributed by atoms with Crippen LogP contribution < -0.4 is 14.4 Å². The fraction of sp³-hybridized carbons (Fsp3) is 0.235. The summed E-state index contributed by atoms with van der Waals surface area (Å²) in [6.45, 7) is 0.966. The third-order valence-corrected chi connectivity index (χ3v) is 4.97. The molecule has 1 heterocycles. The Morgan fingerprint density at radius 2 is 1.89 bits per heavy atom. The first-order chi connectivity index (χ1) is 12.7. The molecule has 0 aliphatic carbocycles. The van der Waals surface area contributed by atoms with Crippen LogP contribution in [0.5, 0.6) is 5.75 Å². The summed E-state index contributed by atoms with van der Waals surface area (Å²) >= 11 is 11.8. The van der Waals surface area contributed by atoms with Crippen LogP contribution in [0.3, 0.4) is 0 Å². The highest BCUT2D eigenvalue weighted by Gasteiger charge is 2.30. The van der Waals surface area contributed by atoms with Gasteiger partial charge in [0, 0.05) is 18.0 Å². The molecule has 0 saturated carbocycles. The molecule has 0 spiro atoms. The second-order valence-corrected chi connectivity index (χ2v) is 7.82. The van der Waals surface area contributed by atoms with Crippen molar-refractivity contribution in [2.75, 3.05) is 24.2 Å². The Kier molecular flexibility index (Phi) is 5.88. The number of carbonyl (C=O) groups is 1. The molecule has 5 nitrogen and oxygen atoms in total. The van der Waals surface area contributed by atoms with E-state index in [2.05, 4.69) is 4.72 Å². The van der Waals surface area contributed by atoms with Crippen molar-refractivity contribution >= 4 is 45.8 Å². The molecule has 3 rings (SSSR count). The first-order valence-electron chi connectivity index (χ1n) is 7.74. The molecule has 2 aromatic rings. The highest BCUT2D eigenvalue weighted by molar-refractivity contribution is 7.82. The molecule has 27 heavy (non-hydrogen) atoms. The summed E-state index contributed by atoms with van der Waals surface area (Å²) in [4.78, 5) is 13.7. The van der Waals surface area contributed by atoms with Crippen LogP contribution in [0.25, 0.3) is 0 Å². The minimum absolute atomic E-state index is 0.0314. The molecule has 1 aliphatic rings. The fourth-order valence-corrected chi connectivity index (χ4v) is 3.32. The number of ether oxygens (including phenoxy) is 1. The van der Waals surface area contributed by atoms with Crippen LogP contribution in [0.4, 0.5) is 14.5 Å². The zero-order valence-electron chi connectivity index (χ0n) is 14.0. The summed E-state index contributed by atoms with van der Waals surface area (Å²) in [5.41, 5.74) is 0.428. The van der Waals surface area contributed by atoms with Gasteiger partial charge in [-0.15, -0.1) is 0 Å². The molecule has 0 radical (unpaired) electrons. The van der Waals surface area contributed by atoms with Crippen LogP contribution in [-0.4, -0.2) is 35.6 Å². The third-order valence-electron chi connectivity index (χ3n) is 3.91. The minimum atomic E-state index is -1.62. The number of hydrogen-bond acceptors (Lipinski definition) is 4. The number of rotatable bonds is 5. The first kappa shape index (κ1) is 19.9. The van der Waals surface area contributed by atoms with Crippen molar-refractivity contribution in [1.82, 2.24) is 4.72 Å². The van der Waals surface area contributed by atoms with Gasteiger partial charge in [-0.2, -0.15) is 0 Å². The van der Waals surface area contributed by atoms with Crippen molar-refractivity contribution in [3.63, 3.8) is 0 Å². The molecule has 1 amide bonds. The standard InChI is InChI=1S/C17H14Cl2F2N2O3S/c1-27(25)22-17(24)11-5-13(19)16(6-15(11)21)26-10-7-23(8-10)9-2-3-14(20)12(18)4-9/h2-6,10H,7-8H2,1H3,(H,22,24). The molecule has 2 aromatic carbocycles. The van der Waals surface area contributed by atoms with Gasteiger partial charge < -0.3 is 9.64 Å². The molecule has 0 bridgehead atoms. The Morgan fingerprint density at radius 1 is 1.19 bits per heavy atom. The van der Waals surface area contributed by atoms with E-state index in [0.29, 0.717) is 13.1 Å². The van der Waals surface area contributed by atoms with Crippen LogP contribution in [0, 0.1) is 11.6 Å². The lowest BCUT2D eigenvalue weighted by Crippen LogP contribution is -2.54. The van der Waals surface area contributed by atoms with Gasteiger partial charge in [-0.05, 0) is 24.3 Å². The number of amides is 1. The van der Waals surface area contributed by atoms with E-state index in [0.717, 1.165) is 17.8 Å². The lowest BCUT2D eigenvalue weighted by Gasteiger charge is -2.40. The van der Waals surface area contributed by atoms with Crippen molar-refractivity contribution in [2.24, 2.45) is 0 Å².